The summed E-state index contributed by atoms with van der Waals surface area (Å²) in [6.45, 7) is 0. The molecule has 0 fully saturated rings. The zero-order valence-corrected chi connectivity index (χ0v) is 9.50. The van der Waals surface area contributed by atoms with Crippen molar-refractivity contribution in [2.75, 3.05) is 11.1 Å². The van der Waals surface area contributed by atoms with Gasteiger partial charge in [0.15, 0.2) is 0 Å². The number of nitrogen functional groups attached to an aromatic ring is 1. The first kappa shape index (κ1) is 10.6. The molecule has 0 heterocycles. The number of hydrogen-bond acceptors (Lipinski definition) is 2. The fourth-order valence-electron chi connectivity index (χ4n) is 1.42. The Morgan fingerprint density at radius 3 is 2.25 bits per heavy atom. The molecule has 2 aromatic carbocycles. The Hall–Kier alpha value is -1.87. The maximum atomic E-state index is 5.85. The topological polar surface area (TPSA) is 38.0 Å². The fraction of sp³-hybridized carbons (Fsp3) is 0. The van der Waals surface area contributed by atoms with E-state index >= 15 is 0 Å². The van der Waals surface area contributed by atoms with Crippen LogP contribution in [-0.4, -0.2) is 4.99 Å². The lowest BCUT2D eigenvalue weighted by atomic mass is 10.2. The van der Waals surface area contributed by atoms with Crippen molar-refractivity contribution in [2.24, 2.45) is 0 Å². The van der Waals surface area contributed by atoms with Crippen LogP contribution in [0.15, 0.2) is 54.6 Å². The number of thiocarbonyl (C=S) groups is 1. The maximum Gasteiger partial charge on any atom is 0.113 e. The first-order valence-corrected chi connectivity index (χ1v) is 5.39. The van der Waals surface area contributed by atoms with Gasteiger partial charge in [0.1, 0.15) is 4.99 Å². The van der Waals surface area contributed by atoms with Crippen molar-refractivity contribution in [2.45, 2.75) is 0 Å². The maximum absolute atomic E-state index is 5.85. The molecule has 0 atom stereocenters. The summed E-state index contributed by atoms with van der Waals surface area (Å²) < 4.78 is 0. The minimum atomic E-state index is 0.643. The molecule has 0 aliphatic carbocycles. The molecule has 0 aromatic heterocycles. The summed E-state index contributed by atoms with van der Waals surface area (Å²) in [5.74, 6) is 0. The van der Waals surface area contributed by atoms with Crippen molar-refractivity contribution in [1.82, 2.24) is 0 Å². The quantitative estimate of drug-likeness (QED) is 0.613. The monoisotopic (exact) mass is 228 g/mol. The summed E-state index contributed by atoms with van der Waals surface area (Å²) in [6, 6.07) is 17.4. The Morgan fingerprint density at radius 1 is 0.938 bits per heavy atom. The Morgan fingerprint density at radius 2 is 1.56 bits per heavy atom. The molecule has 2 aromatic rings. The summed E-state index contributed by atoms with van der Waals surface area (Å²) in [6.07, 6.45) is 0. The zero-order valence-electron chi connectivity index (χ0n) is 8.68. The van der Waals surface area contributed by atoms with Crippen LogP contribution >= 0.6 is 12.2 Å². The summed E-state index contributed by atoms with van der Waals surface area (Å²) in [5, 5.41) is 3.15. The van der Waals surface area contributed by atoms with Crippen molar-refractivity contribution in [1.29, 1.82) is 0 Å². The van der Waals surface area contributed by atoms with Crippen molar-refractivity contribution in [3.05, 3.63) is 60.2 Å². The van der Waals surface area contributed by atoms with Gasteiger partial charge >= 0.3 is 0 Å². The van der Waals surface area contributed by atoms with Crippen LogP contribution in [0.2, 0.25) is 0 Å². The second kappa shape index (κ2) is 4.77. The summed E-state index contributed by atoms with van der Waals surface area (Å²) in [5.41, 5.74) is 8.37. The van der Waals surface area contributed by atoms with Gasteiger partial charge in [-0.05, 0) is 24.3 Å². The number of para-hydroxylation sites is 2. The van der Waals surface area contributed by atoms with Crippen molar-refractivity contribution >= 4 is 28.6 Å². The number of anilines is 2. The lowest BCUT2D eigenvalue weighted by Gasteiger charge is -2.09. The molecule has 0 spiro atoms. The molecule has 16 heavy (non-hydrogen) atoms. The van der Waals surface area contributed by atoms with Crippen LogP contribution in [0.3, 0.4) is 0 Å². The van der Waals surface area contributed by atoms with Crippen LogP contribution in [0, 0.1) is 0 Å². The van der Waals surface area contributed by atoms with E-state index in [0.717, 1.165) is 11.3 Å². The molecule has 3 heteroatoms. The van der Waals surface area contributed by atoms with E-state index in [1.807, 2.05) is 54.6 Å². The fourth-order valence-corrected chi connectivity index (χ4v) is 1.73. The van der Waals surface area contributed by atoms with Crippen LogP contribution in [0.1, 0.15) is 5.56 Å². The van der Waals surface area contributed by atoms with Gasteiger partial charge in [-0.2, -0.15) is 0 Å². The Bertz CT molecular complexity index is 494. The van der Waals surface area contributed by atoms with Gasteiger partial charge < -0.3 is 11.1 Å². The van der Waals surface area contributed by atoms with E-state index < -0.39 is 0 Å². The van der Waals surface area contributed by atoms with Gasteiger partial charge in [0.25, 0.3) is 0 Å². The first-order valence-electron chi connectivity index (χ1n) is 4.98. The van der Waals surface area contributed by atoms with Crippen LogP contribution in [0.4, 0.5) is 11.4 Å². The number of rotatable bonds is 2. The highest BCUT2D eigenvalue weighted by atomic mass is 32.1. The Balaban J connectivity index is 2.19. The average molecular weight is 228 g/mol. The molecular formula is C13H12N2S. The molecule has 2 rings (SSSR count). The van der Waals surface area contributed by atoms with Gasteiger partial charge in [-0.1, -0.05) is 42.5 Å². The van der Waals surface area contributed by atoms with Crippen LogP contribution in [0.5, 0.6) is 0 Å². The number of nitrogens with two attached hydrogens (primary N) is 1. The molecule has 80 valence electrons. The molecular weight excluding hydrogens is 216 g/mol. The van der Waals surface area contributed by atoms with Crippen molar-refractivity contribution in [3.8, 4) is 0 Å². The smallest absolute Gasteiger partial charge is 0.113 e. The van der Waals surface area contributed by atoms with E-state index in [4.69, 9.17) is 18.0 Å². The van der Waals surface area contributed by atoms with Gasteiger partial charge in [0.05, 0.1) is 0 Å². The molecule has 0 amide bonds. The third-order valence-corrected chi connectivity index (χ3v) is 2.56. The molecule has 0 saturated heterocycles. The summed E-state index contributed by atoms with van der Waals surface area (Å²) >= 11 is 5.30. The molecule has 2 nitrogen and oxygen atoms in total. The van der Waals surface area contributed by atoms with E-state index in [9.17, 15) is 0 Å². The number of benzene rings is 2. The SMILES string of the molecule is Nc1ccccc1C(=S)Nc1ccccc1. The van der Waals surface area contributed by atoms with Gasteiger partial charge in [0.2, 0.25) is 0 Å². The van der Waals surface area contributed by atoms with Crippen LogP contribution in [-0.2, 0) is 0 Å². The van der Waals surface area contributed by atoms with Crippen molar-refractivity contribution in [3.63, 3.8) is 0 Å². The second-order valence-electron chi connectivity index (χ2n) is 3.41. The van der Waals surface area contributed by atoms with E-state index in [1.54, 1.807) is 0 Å². The molecule has 3 N–H and O–H groups in total. The van der Waals surface area contributed by atoms with Crippen molar-refractivity contribution < 1.29 is 0 Å². The normalized spacial score (nSPS) is 9.75. The predicted molar refractivity (Wildman–Crippen MR) is 72.6 cm³/mol. The third-order valence-electron chi connectivity index (χ3n) is 2.24. The van der Waals surface area contributed by atoms with Gasteiger partial charge in [-0.3, -0.25) is 0 Å². The molecule has 0 radical (unpaired) electrons. The van der Waals surface area contributed by atoms with Crippen LogP contribution in [0.25, 0.3) is 0 Å². The van der Waals surface area contributed by atoms with E-state index in [-0.39, 0.29) is 0 Å². The van der Waals surface area contributed by atoms with E-state index in [1.165, 1.54) is 0 Å². The molecule has 0 aliphatic heterocycles. The number of hydrogen-bond donors (Lipinski definition) is 2. The molecule has 0 aliphatic rings. The Kier molecular flexibility index (Phi) is 3.17. The Labute approximate surface area is 100 Å². The highest BCUT2D eigenvalue weighted by Gasteiger charge is 2.04. The lowest BCUT2D eigenvalue weighted by molar-refractivity contribution is 1.60. The second-order valence-corrected chi connectivity index (χ2v) is 3.82. The first-order chi connectivity index (χ1) is 7.77. The van der Waals surface area contributed by atoms with Gasteiger partial charge in [-0.15, -0.1) is 0 Å². The number of nitrogens with one attached hydrogen (secondary N) is 1. The molecule has 0 saturated carbocycles. The highest BCUT2D eigenvalue weighted by Crippen LogP contribution is 2.14. The predicted octanol–water partition coefficient (Wildman–Crippen LogP) is 3.06. The van der Waals surface area contributed by atoms with E-state index in [2.05, 4.69) is 5.32 Å². The molecule has 0 bridgehead atoms. The average Bonchev–Trinajstić information content (AvgIpc) is 2.31. The minimum absolute atomic E-state index is 0.643. The lowest BCUT2D eigenvalue weighted by Crippen LogP contribution is -2.12. The standard InChI is InChI=1S/C13H12N2S/c14-12-9-5-4-8-11(12)13(16)15-10-6-2-1-3-7-10/h1-9H,14H2,(H,15,16). The molecule has 0 unspecified atom stereocenters. The van der Waals surface area contributed by atoms with Gasteiger partial charge in [-0.25, -0.2) is 0 Å². The minimum Gasteiger partial charge on any atom is -0.398 e. The summed E-state index contributed by atoms with van der Waals surface area (Å²) in [7, 11) is 0. The largest absolute Gasteiger partial charge is 0.398 e. The highest BCUT2D eigenvalue weighted by molar-refractivity contribution is 7.81. The van der Waals surface area contributed by atoms with E-state index in [0.29, 0.717) is 10.7 Å². The van der Waals surface area contributed by atoms with Crippen LogP contribution < -0.4 is 11.1 Å². The zero-order chi connectivity index (χ0) is 11.4. The third kappa shape index (κ3) is 2.38. The van der Waals surface area contributed by atoms with Gasteiger partial charge in [0, 0.05) is 16.9 Å². The summed E-state index contributed by atoms with van der Waals surface area (Å²) in [4.78, 5) is 0.643.